The summed E-state index contributed by atoms with van der Waals surface area (Å²) in [6.45, 7) is -0.987. The maximum atomic E-state index is 15.4. The number of rotatable bonds is 9. The Kier molecular flexibility index (Phi) is 8.57. The molecule has 2 aliphatic rings. The number of aryl methyl sites for hydroxylation is 1. The van der Waals surface area contributed by atoms with Gasteiger partial charge in [0.2, 0.25) is 10.0 Å². The van der Waals surface area contributed by atoms with Gasteiger partial charge in [-0.2, -0.15) is 13.9 Å². The minimum absolute atomic E-state index is 0.0203. The lowest BCUT2D eigenvalue weighted by Gasteiger charge is -2.31. The highest BCUT2D eigenvalue weighted by Gasteiger charge is 2.31. The fourth-order valence-electron chi connectivity index (χ4n) is 6.12. The molecule has 4 aromatic rings. The first kappa shape index (κ1) is 32.3. The highest BCUT2D eigenvalue weighted by atomic mass is 32.2. The number of allylic oxidation sites excluding steroid dienone is 1. The Morgan fingerprint density at radius 3 is 2.43 bits per heavy atom. The number of para-hydroxylation sites is 1. The number of nitrogen functional groups attached to an aromatic ring is 1. The van der Waals surface area contributed by atoms with Crippen molar-refractivity contribution < 1.29 is 40.2 Å². The molecule has 0 spiro atoms. The van der Waals surface area contributed by atoms with Crippen molar-refractivity contribution in [3.63, 3.8) is 0 Å². The molecule has 2 N–H and O–H groups in total. The molecule has 14 heteroatoms. The van der Waals surface area contributed by atoms with Gasteiger partial charge in [0, 0.05) is 31.1 Å². The number of nitrogens with two attached hydrogens (primary N) is 1. The van der Waals surface area contributed by atoms with Crippen LogP contribution in [0.15, 0.2) is 60.3 Å². The molecule has 0 atom stereocenters. The minimum Gasteiger partial charge on any atom is -0.454 e. The third kappa shape index (κ3) is 6.47. The molecular weight excluding hydrogens is 640 g/mol. The molecular formula is C33H30F4N4O5S. The van der Waals surface area contributed by atoms with Gasteiger partial charge >= 0.3 is 6.61 Å². The summed E-state index contributed by atoms with van der Waals surface area (Å²) in [5, 5.41) is 4.18. The van der Waals surface area contributed by atoms with E-state index in [1.165, 1.54) is 40.8 Å². The van der Waals surface area contributed by atoms with Crippen molar-refractivity contribution in [1.82, 2.24) is 14.1 Å². The molecule has 1 aromatic heterocycles. The molecule has 6 rings (SSSR count). The monoisotopic (exact) mass is 670 g/mol. The SMILES string of the molecule is Cc1cc(Oc2ccccc2F)cc(F)c1-n1ncc(C(=O)C2=Cc3cc(OC(F)F)c(C4CCN(S(C)(=O)=O)CC4)cc3C2)c1N. The van der Waals surface area contributed by atoms with E-state index in [9.17, 15) is 26.4 Å². The van der Waals surface area contributed by atoms with Crippen LogP contribution in [0.2, 0.25) is 0 Å². The molecule has 0 radical (unpaired) electrons. The van der Waals surface area contributed by atoms with E-state index >= 15 is 4.39 Å². The number of alkyl halides is 2. The van der Waals surface area contributed by atoms with Crippen LogP contribution in [-0.4, -0.2) is 54.2 Å². The van der Waals surface area contributed by atoms with Gasteiger partial charge < -0.3 is 15.2 Å². The first-order chi connectivity index (χ1) is 22.3. The van der Waals surface area contributed by atoms with Crippen molar-refractivity contribution in [2.75, 3.05) is 25.1 Å². The van der Waals surface area contributed by atoms with E-state index in [1.807, 2.05) is 0 Å². The summed E-state index contributed by atoms with van der Waals surface area (Å²) in [5.41, 5.74) is 8.78. The predicted octanol–water partition coefficient (Wildman–Crippen LogP) is 6.40. The molecule has 246 valence electrons. The second-order valence-corrected chi connectivity index (χ2v) is 13.5. The Hall–Kier alpha value is -4.69. The lowest BCUT2D eigenvalue weighted by atomic mass is 9.87. The van der Waals surface area contributed by atoms with Crippen molar-refractivity contribution in [3.05, 3.63) is 99.8 Å². The maximum Gasteiger partial charge on any atom is 0.387 e. The fraction of sp³-hybridized carbons (Fsp3) is 0.273. The van der Waals surface area contributed by atoms with Crippen LogP contribution in [0.3, 0.4) is 0 Å². The standard InChI is InChI=1S/C33H30F4N4O5S/c1-18-11-23(45-28-6-4-3-5-26(28)34)16-27(35)30(18)41-32(38)25(17-39-41)31(42)22-12-20-14-24(29(46-33(36)37)15-21(20)13-22)19-7-9-40(10-8-19)47(2,43)44/h3-6,11,13-17,19,33H,7-10,12,38H2,1-2H3. The second-order valence-electron chi connectivity index (χ2n) is 11.5. The van der Waals surface area contributed by atoms with Crippen LogP contribution in [-0.2, 0) is 16.4 Å². The highest BCUT2D eigenvalue weighted by molar-refractivity contribution is 7.88. The summed E-state index contributed by atoms with van der Waals surface area (Å²) in [7, 11) is -3.37. The molecule has 1 fully saturated rings. The summed E-state index contributed by atoms with van der Waals surface area (Å²) in [5.74, 6) is -2.22. The number of hydrogen-bond donors (Lipinski definition) is 1. The Morgan fingerprint density at radius 1 is 1.04 bits per heavy atom. The van der Waals surface area contributed by atoms with E-state index in [-0.39, 0.29) is 59.7 Å². The van der Waals surface area contributed by atoms with Crippen LogP contribution < -0.4 is 15.2 Å². The number of ether oxygens (including phenoxy) is 2. The van der Waals surface area contributed by atoms with Crippen molar-refractivity contribution in [2.24, 2.45) is 0 Å². The average molecular weight is 671 g/mol. The largest absolute Gasteiger partial charge is 0.454 e. The van der Waals surface area contributed by atoms with Crippen LogP contribution in [0.25, 0.3) is 11.8 Å². The third-order valence-corrected chi connectivity index (χ3v) is 9.71. The predicted molar refractivity (Wildman–Crippen MR) is 167 cm³/mol. The van der Waals surface area contributed by atoms with Crippen LogP contribution in [0.4, 0.5) is 23.4 Å². The number of aromatic nitrogens is 2. The molecule has 0 unspecified atom stereocenters. The number of sulfonamides is 1. The zero-order valence-corrected chi connectivity index (χ0v) is 26.2. The van der Waals surface area contributed by atoms with Crippen LogP contribution >= 0.6 is 0 Å². The van der Waals surface area contributed by atoms with Gasteiger partial charge in [-0.25, -0.2) is 26.2 Å². The first-order valence-corrected chi connectivity index (χ1v) is 16.5. The summed E-state index contributed by atoms with van der Waals surface area (Å²) in [6, 6.07) is 11.5. The second kappa shape index (κ2) is 12.5. The number of hydrogen-bond acceptors (Lipinski definition) is 7. The highest BCUT2D eigenvalue weighted by Crippen LogP contribution is 2.41. The van der Waals surface area contributed by atoms with Gasteiger partial charge in [0.25, 0.3) is 0 Å². The number of fused-ring (bicyclic) bond motifs is 1. The number of carbonyl (C=O) groups excluding carboxylic acids is 1. The number of piperidine rings is 1. The minimum atomic E-state index is -3.37. The zero-order valence-electron chi connectivity index (χ0n) is 25.3. The Bertz CT molecular complexity index is 2000. The number of benzene rings is 3. The Labute approximate surface area is 268 Å². The van der Waals surface area contributed by atoms with Crippen molar-refractivity contribution in [1.29, 1.82) is 0 Å². The molecule has 0 saturated carbocycles. The van der Waals surface area contributed by atoms with Crippen LogP contribution in [0.1, 0.15) is 51.4 Å². The number of anilines is 1. The molecule has 1 aliphatic carbocycles. The van der Waals surface area contributed by atoms with Crippen molar-refractivity contribution in [2.45, 2.75) is 38.7 Å². The molecule has 9 nitrogen and oxygen atoms in total. The number of halogens is 4. The average Bonchev–Trinajstić information content (AvgIpc) is 3.60. The Morgan fingerprint density at radius 2 is 1.77 bits per heavy atom. The van der Waals surface area contributed by atoms with Crippen molar-refractivity contribution >= 4 is 27.7 Å². The van der Waals surface area contributed by atoms with E-state index in [0.717, 1.165) is 17.0 Å². The quantitative estimate of drug-likeness (QED) is 0.162. The summed E-state index contributed by atoms with van der Waals surface area (Å²) < 4.78 is 93.0. The lowest BCUT2D eigenvalue weighted by molar-refractivity contribution is -0.0507. The summed E-state index contributed by atoms with van der Waals surface area (Å²) >= 11 is 0. The van der Waals surface area contributed by atoms with Gasteiger partial charge in [0.05, 0.1) is 18.0 Å². The molecule has 47 heavy (non-hydrogen) atoms. The Balaban J connectivity index is 1.24. The van der Waals surface area contributed by atoms with E-state index in [0.29, 0.717) is 40.7 Å². The van der Waals surface area contributed by atoms with E-state index in [4.69, 9.17) is 15.2 Å². The van der Waals surface area contributed by atoms with Gasteiger partial charge in [-0.1, -0.05) is 18.2 Å². The summed E-state index contributed by atoms with van der Waals surface area (Å²) in [6.07, 6.45) is 4.96. The van der Waals surface area contributed by atoms with Gasteiger partial charge in [0.1, 0.15) is 23.0 Å². The third-order valence-electron chi connectivity index (χ3n) is 8.41. The van der Waals surface area contributed by atoms with Crippen LogP contribution in [0, 0.1) is 18.6 Å². The van der Waals surface area contributed by atoms with Crippen LogP contribution in [0.5, 0.6) is 17.2 Å². The number of Topliss-reactive ketones (excluding diaryl/α,β-unsaturated/α-hetero) is 1. The lowest BCUT2D eigenvalue weighted by Crippen LogP contribution is -2.37. The number of ketones is 1. The van der Waals surface area contributed by atoms with E-state index in [2.05, 4.69) is 5.10 Å². The topological polar surface area (TPSA) is 117 Å². The zero-order chi connectivity index (χ0) is 33.6. The number of carbonyl (C=O) groups is 1. The normalized spacial score (nSPS) is 15.5. The molecule has 0 amide bonds. The number of nitrogens with zero attached hydrogens (tertiary/aromatic N) is 3. The van der Waals surface area contributed by atoms with Crippen molar-refractivity contribution in [3.8, 4) is 22.9 Å². The van der Waals surface area contributed by atoms with E-state index in [1.54, 1.807) is 25.1 Å². The molecule has 1 saturated heterocycles. The van der Waals surface area contributed by atoms with Gasteiger partial charge in [-0.05, 0) is 78.3 Å². The summed E-state index contributed by atoms with van der Waals surface area (Å²) in [4.78, 5) is 13.7. The van der Waals surface area contributed by atoms with Gasteiger partial charge in [-0.15, -0.1) is 0 Å². The van der Waals surface area contributed by atoms with Gasteiger partial charge in [-0.3, -0.25) is 4.79 Å². The maximum absolute atomic E-state index is 15.4. The van der Waals surface area contributed by atoms with Gasteiger partial charge in [0.15, 0.2) is 23.2 Å². The molecule has 3 aromatic carbocycles. The first-order valence-electron chi connectivity index (χ1n) is 14.7. The fourth-order valence-corrected chi connectivity index (χ4v) is 7.00. The smallest absolute Gasteiger partial charge is 0.387 e. The molecule has 2 heterocycles. The molecule has 0 bridgehead atoms. The van der Waals surface area contributed by atoms with E-state index < -0.39 is 34.1 Å². The molecule has 1 aliphatic heterocycles.